The van der Waals surface area contributed by atoms with Gasteiger partial charge < -0.3 is 15.1 Å². The first-order chi connectivity index (χ1) is 10.0. The fourth-order valence-electron chi connectivity index (χ4n) is 4.63. The van der Waals surface area contributed by atoms with Crippen LogP contribution in [-0.4, -0.2) is 62.2 Å². The second-order valence-electron chi connectivity index (χ2n) is 7.88. The van der Waals surface area contributed by atoms with Crippen LogP contribution in [0.3, 0.4) is 0 Å². The van der Waals surface area contributed by atoms with Crippen molar-refractivity contribution < 1.29 is 0 Å². The molecule has 1 heterocycles. The number of nitrogens with zero attached hydrogens (tertiary/aromatic N) is 2. The average molecular weight is 296 g/mol. The molecule has 0 radical (unpaired) electrons. The van der Waals surface area contributed by atoms with Gasteiger partial charge in [0.25, 0.3) is 0 Å². The Hall–Kier alpha value is -0.120. The Morgan fingerprint density at radius 1 is 1.10 bits per heavy atom. The van der Waals surface area contributed by atoms with Gasteiger partial charge in [-0.05, 0) is 77.2 Å². The molecule has 0 spiro atoms. The summed E-state index contributed by atoms with van der Waals surface area (Å²) in [5.74, 6) is 2.60. The van der Waals surface area contributed by atoms with E-state index in [0.717, 1.165) is 36.4 Å². The van der Waals surface area contributed by atoms with Crippen molar-refractivity contribution >= 4 is 0 Å². The molecular formula is C18H37N3. The van der Waals surface area contributed by atoms with Crippen molar-refractivity contribution in [3.63, 3.8) is 0 Å². The molecular weight excluding hydrogens is 258 g/mol. The van der Waals surface area contributed by atoms with E-state index in [1.807, 2.05) is 0 Å². The summed E-state index contributed by atoms with van der Waals surface area (Å²) < 4.78 is 0. The van der Waals surface area contributed by atoms with Gasteiger partial charge >= 0.3 is 0 Å². The molecule has 1 aliphatic carbocycles. The van der Waals surface area contributed by atoms with Crippen molar-refractivity contribution in [3.8, 4) is 0 Å². The molecule has 0 bridgehead atoms. The lowest BCUT2D eigenvalue weighted by atomic mass is 9.72. The van der Waals surface area contributed by atoms with Gasteiger partial charge in [-0.1, -0.05) is 20.8 Å². The number of piperidine rings is 1. The standard InChI is InChI=1S/C18H37N3/c1-6-19-18-12-14(2)11-15(3)17(18)13-21-9-7-16(8-10-21)20(4)5/h14-19H,6-13H2,1-5H3. The van der Waals surface area contributed by atoms with Gasteiger partial charge in [0.05, 0.1) is 0 Å². The zero-order valence-corrected chi connectivity index (χ0v) is 14.9. The molecule has 124 valence electrons. The highest BCUT2D eigenvalue weighted by atomic mass is 15.2. The lowest BCUT2D eigenvalue weighted by molar-refractivity contribution is 0.0750. The quantitative estimate of drug-likeness (QED) is 0.841. The van der Waals surface area contributed by atoms with Crippen LogP contribution in [0, 0.1) is 17.8 Å². The maximum absolute atomic E-state index is 3.78. The van der Waals surface area contributed by atoms with Crippen molar-refractivity contribution in [1.29, 1.82) is 0 Å². The molecule has 1 saturated heterocycles. The summed E-state index contributed by atoms with van der Waals surface area (Å²) in [6.07, 6.45) is 5.48. The zero-order valence-electron chi connectivity index (χ0n) is 14.9. The van der Waals surface area contributed by atoms with Crippen molar-refractivity contribution in [2.75, 3.05) is 40.3 Å². The van der Waals surface area contributed by atoms with Crippen molar-refractivity contribution in [3.05, 3.63) is 0 Å². The molecule has 2 aliphatic rings. The maximum atomic E-state index is 3.78. The highest BCUT2D eigenvalue weighted by Crippen LogP contribution is 2.34. The highest BCUT2D eigenvalue weighted by molar-refractivity contribution is 4.90. The van der Waals surface area contributed by atoms with E-state index in [-0.39, 0.29) is 0 Å². The van der Waals surface area contributed by atoms with Crippen LogP contribution in [-0.2, 0) is 0 Å². The summed E-state index contributed by atoms with van der Waals surface area (Å²) in [5.41, 5.74) is 0. The molecule has 0 aromatic rings. The molecule has 3 nitrogen and oxygen atoms in total. The van der Waals surface area contributed by atoms with E-state index in [1.165, 1.54) is 45.3 Å². The Balaban J connectivity index is 1.88. The monoisotopic (exact) mass is 295 g/mol. The smallest absolute Gasteiger partial charge is 0.0113 e. The first kappa shape index (κ1) is 17.2. The van der Waals surface area contributed by atoms with E-state index >= 15 is 0 Å². The largest absolute Gasteiger partial charge is 0.314 e. The summed E-state index contributed by atoms with van der Waals surface area (Å²) >= 11 is 0. The van der Waals surface area contributed by atoms with Crippen molar-refractivity contribution in [1.82, 2.24) is 15.1 Å². The molecule has 0 amide bonds. The summed E-state index contributed by atoms with van der Waals surface area (Å²) in [5, 5.41) is 3.78. The van der Waals surface area contributed by atoms with Crippen LogP contribution in [0.5, 0.6) is 0 Å². The van der Waals surface area contributed by atoms with Gasteiger partial charge in [0.2, 0.25) is 0 Å². The first-order valence-electron chi connectivity index (χ1n) is 9.13. The van der Waals surface area contributed by atoms with E-state index in [9.17, 15) is 0 Å². The highest BCUT2D eigenvalue weighted by Gasteiger charge is 2.35. The van der Waals surface area contributed by atoms with E-state index in [1.54, 1.807) is 0 Å². The molecule has 0 aromatic heterocycles. The van der Waals surface area contributed by atoms with Crippen LogP contribution in [0.1, 0.15) is 46.5 Å². The molecule has 2 fully saturated rings. The predicted molar refractivity (Wildman–Crippen MR) is 91.7 cm³/mol. The average Bonchev–Trinajstić information content (AvgIpc) is 2.43. The number of hydrogen-bond acceptors (Lipinski definition) is 3. The Kier molecular flexibility index (Phi) is 6.51. The van der Waals surface area contributed by atoms with Crippen molar-refractivity contribution in [2.24, 2.45) is 17.8 Å². The number of nitrogens with one attached hydrogen (secondary N) is 1. The van der Waals surface area contributed by atoms with Gasteiger partial charge in [-0.3, -0.25) is 0 Å². The van der Waals surface area contributed by atoms with Gasteiger partial charge in [0.15, 0.2) is 0 Å². The Labute approximate surface area is 132 Å². The van der Waals surface area contributed by atoms with Crippen LogP contribution >= 0.6 is 0 Å². The second kappa shape index (κ2) is 7.94. The van der Waals surface area contributed by atoms with Crippen LogP contribution < -0.4 is 5.32 Å². The third-order valence-corrected chi connectivity index (χ3v) is 5.90. The van der Waals surface area contributed by atoms with E-state index in [2.05, 4.69) is 50.0 Å². The third-order valence-electron chi connectivity index (χ3n) is 5.90. The van der Waals surface area contributed by atoms with Gasteiger partial charge in [-0.25, -0.2) is 0 Å². The Morgan fingerprint density at radius 3 is 2.33 bits per heavy atom. The summed E-state index contributed by atoms with van der Waals surface area (Å²) in [7, 11) is 4.46. The molecule has 4 atom stereocenters. The molecule has 3 heteroatoms. The number of likely N-dealkylation sites (tertiary alicyclic amines) is 1. The van der Waals surface area contributed by atoms with Crippen molar-refractivity contribution in [2.45, 2.75) is 58.5 Å². The van der Waals surface area contributed by atoms with Gasteiger partial charge in [-0.15, -0.1) is 0 Å². The maximum Gasteiger partial charge on any atom is 0.0113 e. The fraction of sp³-hybridized carbons (Fsp3) is 1.00. The van der Waals surface area contributed by atoms with Crippen LogP contribution in [0.15, 0.2) is 0 Å². The Bertz CT molecular complexity index is 297. The minimum absolute atomic E-state index is 0.736. The summed E-state index contributed by atoms with van der Waals surface area (Å²) in [6.45, 7) is 12.2. The molecule has 1 saturated carbocycles. The van der Waals surface area contributed by atoms with Gasteiger partial charge in [-0.2, -0.15) is 0 Å². The second-order valence-corrected chi connectivity index (χ2v) is 7.88. The van der Waals surface area contributed by atoms with E-state index in [0.29, 0.717) is 0 Å². The van der Waals surface area contributed by atoms with Crippen LogP contribution in [0.4, 0.5) is 0 Å². The molecule has 0 aromatic carbocycles. The molecule has 1 N–H and O–H groups in total. The minimum atomic E-state index is 0.736. The number of rotatable bonds is 5. The Morgan fingerprint density at radius 2 is 1.76 bits per heavy atom. The summed E-state index contributed by atoms with van der Waals surface area (Å²) in [4.78, 5) is 5.14. The van der Waals surface area contributed by atoms with Gasteiger partial charge in [0, 0.05) is 18.6 Å². The van der Waals surface area contributed by atoms with Gasteiger partial charge in [0.1, 0.15) is 0 Å². The molecule has 21 heavy (non-hydrogen) atoms. The lowest BCUT2D eigenvalue weighted by Gasteiger charge is -2.44. The van der Waals surface area contributed by atoms with E-state index in [4.69, 9.17) is 0 Å². The SMILES string of the molecule is CCNC1CC(C)CC(C)C1CN1CCC(N(C)C)CC1. The molecule has 4 unspecified atom stereocenters. The third kappa shape index (κ3) is 4.67. The molecule has 1 aliphatic heterocycles. The lowest BCUT2D eigenvalue weighted by Crippen LogP contribution is -2.51. The normalized spacial score (nSPS) is 36.3. The first-order valence-corrected chi connectivity index (χ1v) is 9.13. The predicted octanol–water partition coefficient (Wildman–Crippen LogP) is 2.67. The molecule has 2 rings (SSSR count). The number of hydrogen-bond donors (Lipinski definition) is 1. The summed E-state index contributed by atoms with van der Waals surface area (Å²) in [6, 6.07) is 1.54. The topological polar surface area (TPSA) is 18.5 Å². The fourth-order valence-corrected chi connectivity index (χ4v) is 4.63. The van der Waals surface area contributed by atoms with Crippen LogP contribution in [0.25, 0.3) is 0 Å². The van der Waals surface area contributed by atoms with Crippen LogP contribution in [0.2, 0.25) is 0 Å². The zero-order chi connectivity index (χ0) is 15.4. The minimum Gasteiger partial charge on any atom is -0.314 e. The van der Waals surface area contributed by atoms with E-state index < -0.39 is 0 Å².